The number of rotatable bonds is 6. The summed E-state index contributed by atoms with van der Waals surface area (Å²) >= 11 is 6.07. The second-order valence-corrected chi connectivity index (χ2v) is 7.37. The van der Waals surface area contributed by atoms with Crippen molar-refractivity contribution in [3.8, 4) is 11.5 Å². The second-order valence-electron chi connectivity index (χ2n) is 6.93. The Morgan fingerprint density at radius 3 is 2.30 bits per heavy atom. The Hall–Kier alpha value is -3.57. The number of carbonyl (C=O) groups excluding carboxylic acids is 1. The fraction of sp³-hybridized carbons (Fsp3) is 0.0833. The summed E-state index contributed by atoms with van der Waals surface area (Å²) in [6.45, 7) is 1.56. The van der Waals surface area contributed by atoms with Crippen molar-refractivity contribution in [3.05, 3.63) is 94.6 Å². The van der Waals surface area contributed by atoms with Crippen molar-refractivity contribution in [2.24, 2.45) is 0 Å². The van der Waals surface area contributed by atoms with Gasteiger partial charge in [0.25, 0.3) is 0 Å². The number of H-pyrrole nitrogens is 1. The van der Waals surface area contributed by atoms with E-state index in [2.05, 4.69) is 4.98 Å². The van der Waals surface area contributed by atoms with Gasteiger partial charge in [-0.3, -0.25) is 9.59 Å². The minimum Gasteiger partial charge on any atom is -0.481 e. The Morgan fingerprint density at radius 2 is 1.63 bits per heavy atom. The quantitative estimate of drug-likeness (QED) is 0.374. The molecule has 0 aliphatic carbocycles. The van der Waals surface area contributed by atoms with Gasteiger partial charge in [0.1, 0.15) is 11.5 Å². The van der Waals surface area contributed by atoms with E-state index in [1.165, 1.54) is 0 Å². The second kappa shape index (κ2) is 8.05. The molecule has 0 radical (unpaired) electrons. The molecule has 5 nitrogen and oxygen atoms in total. The monoisotopic (exact) mass is 419 g/mol. The standard InChI is InChI=1S/C24H18ClNO4/c1-14(24(28)29)21-19-12-9-16(25)13-20(19)26-22(21)23(27)15-7-10-18(11-8-15)30-17-5-3-2-4-6-17/h2-14,26H,1H3,(H,28,29). The lowest BCUT2D eigenvalue weighted by molar-refractivity contribution is -0.138. The molecule has 0 bridgehead atoms. The molecule has 0 amide bonds. The lowest BCUT2D eigenvalue weighted by Crippen LogP contribution is -2.12. The number of nitrogens with one attached hydrogen (secondary N) is 1. The number of hydrogen-bond acceptors (Lipinski definition) is 3. The lowest BCUT2D eigenvalue weighted by Gasteiger charge is -2.10. The van der Waals surface area contributed by atoms with Gasteiger partial charge in [-0.25, -0.2) is 0 Å². The van der Waals surface area contributed by atoms with E-state index < -0.39 is 11.9 Å². The highest BCUT2D eigenvalue weighted by molar-refractivity contribution is 6.31. The average molecular weight is 420 g/mol. The number of halogens is 1. The van der Waals surface area contributed by atoms with Crippen LogP contribution in [0.5, 0.6) is 11.5 Å². The topological polar surface area (TPSA) is 79.4 Å². The molecule has 6 heteroatoms. The molecule has 0 aliphatic rings. The van der Waals surface area contributed by atoms with Gasteiger partial charge in [-0.1, -0.05) is 35.9 Å². The first-order valence-corrected chi connectivity index (χ1v) is 9.73. The zero-order valence-electron chi connectivity index (χ0n) is 16.1. The molecule has 150 valence electrons. The normalized spacial score (nSPS) is 11.9. The van der Waals surface area contributed by atoms with Crippen LogP contribution in [0.1, 0.15) is 34.5 Å². The van der Waals surface area contributed by atoms with Crippen molar-refractivity contribution in [1.29, 1.82) is 0 Å². The molecule has 0 spiro atoms. The third kappa shape index (κ3) is 3.80. The highest BCUT2D eigenvalue weighted by atomic mass is 35.5. The summed E-state index contributed by atoms with van der Waals surface area (Å²) in [5.41, 5.74) is 1.74. The minimum absolute atomic E-state index is 0.249. The third-order valence-electron chi connectivity index (χ3n) is 4.93. The van der Waals surface area contributed by atoms with Crippen LogP contribution in [-0.2, 0) is 4.79 Å². The highest BCUT2D eigenvalue weighted by Crippen LogP contribution is 2.33. The third-order valence-corrected chi connectivity index (χ3v) is 5.16. The number of aromatic amines is 1. The SMILES string of the molecule is CC(C(=O)O)c1c(C(=O)c2ccc(Oc3ccccc3)cc2)[nH]c2cc(Cl)ccc12. The number of fused-ring (bicyclic) bond motifs is 1. The number of para-hydroxylation sites is 1. The molecule has 0 fully saturated rings. The molecule has 2 N–H and O–H groups in total. The smallest absolute Gasteiger partial charge is 0.310 e. The molecule has 1 unspecified atom stereocenters. The number of hydrogen-bond donors (Lipinski definition) is 2. The first kappa shape index (κ1) is 19.7. The Labute approximate surface area is 177 Å². The molecule has 0 saturated carbocycles. The predicted molar refractivity (Wildman–Crippen MR) is 116 cm³/mol. The number of ether oxygens (including phenoxy) is 1. The molecule has 1 atom stereocenters. The number of aliphatic carboxylic acids is 1. The highest BCUT2D eigenvalue weighted by Gasteiger charge is 2.26. The van der Waals surface area contributed by atoms with E-state index in [0.29, 0.717) is 38.6 Å². The zero-order chi connectivity index (χ0) is 21.3. The number of carboxylic acid groups (broad SMARTS) is 1. The summed E-state index contributed by atoms with van der Waals surface area (Å²) in [7, 11) is 0. The summed E-state index contributed by atoms with van der Waals surface area (Å²) < 4.78 is 5.76. The van der Waals surface area contributed by atoms with Crippen molar-refractivity contribution >= 4 is 34.3 Å². The Balaban J connectivity index is 1.70. The van der Waals surface area contributed by atoms with Crippen molar-refractivity contribution in [3.63, 3.8) is 0 Å². The van der Waals surface area contributed by atoms with Gasteiger partial charge in [0.2, 0.25) is 5.78 Å². The molecule has 1 aromatic heterocycles. The molecule has 4 aromatic rings. The average Bonchev–Trinajstić information content (AvgIpc) is 3.12. The number of aromatic nitrogens is 1. The fourth-order valence-corrected chi connectivity index (χ4v) is 3.56. The van der Waals surface area contributed by atoms with Crippen molar-refractivity contribution in [1.82, 2.24) is 4.98 Å². The first-order valence-electron chi connectivity index (χ1n) is 9.35. The summed E-state index contributed by atoms with van der Waals surface area (Å²) in [5.74, 6) is -0.871. The van der Waals surface area contributed by atoms with E-state index in [-0.39, 0.29) is 11.5 Å². The van der Waals surface area contributed by atoms with Crippen molar-refractivity contribution in [2.75, 3.05) is 0 Å². The van der Waals surface area contributed by atoms with Gasteiger partial charge < -0.3 is 14.8 Å². The molecule has 1 heterocycles. The lowest BCUT2D eigenvalue weighted by atomic mass is 9.94. The maximum atomic E-state index is 13.2. The maximum Gasteiger partial charge on any atom is 0.310 e. The fourth-order valence-electron chi connectivity index (χ4n) is 3.39. The van der Waals surface area contributed by atoms with Gasteiger partial charge in [-0.05, 0) is 55.5 Å². The van der Waals surface area contributed by atoms with E-state index in [0.717, 1.165) is 0 Å². The van der Waals surface area contributed by atoms with Crippen LogP contribution in [0.3, 0.4) is 0 Å². The van der Waals surface area contributed by atoms with Crippen LogP contribution in [-0.4, -0.2) is 21.8 Å². The molecular formula is C24H18ClNO4. The number of benzene rings is 3. The summed E-state index contributed by atoms with van der Waals surface area (Å²) in [4.78, 5) is 28.0. The molecule has 30 heavy (non-hydrogen) atoms. The van der Waals surface area contributed by atoms with Crippen LogP contribution in [0.25, 0.3) is 10.9 Å². The van der Waals surface area contributed by atoms with Gasteiger partial charge in [0, 0.05) is 27.1 Å². The summed E-state index contributed by atoms with van der Waals surface area (Å²) in [6, 6.07) is 21.2. The van der Waals surface area contributed by atoms with E-state index >= 15 is 0 Å². The van der Waals surface area contributed by atoms with Gasteiger partial charge in [-0.15, -0.1) is 0 Å². The van der Waals surface area contributed by atoms with E-state index in [1.807, 2.05) is 30.3 Å². The predicted octanol–water partition coefficient (Wildman–Crippen LogP) is 6.03. The van der Waals surface area contributed by atoms with Crippen LogP contribution in [0.4, 0.5) is 0 Å². The number of carbonyl (C=O) groups is 2. The molecule has 0 saturated heterocycles. The van der Waals surface area contributed by atoms with Crippen molar-refractivity contribution < 1.29 is 19.4 Å². The van der Waals surface area contributed by atoms with Crippen LogP contribution in [0, 0.1) is 0 Å². The first-order chi connectivity index (χ1) is 14.4. The molecular weight excluding hydrogens is 402 g/mol. The van der Waals surface area contributed by atoms with Crippen molar-refractivity contribution in [2.45, 2.75) is 12.8 Å². The largest absolute Gasteiger partial charge is 0.481 e. The molecule has 3 aromatic carbocycles. The van der Waals surface area contributed by atoms with Crippen LogP contribution in [0.15, 0.2) is 72.8 Å². The Morgan fingerprint density at radius 1 is 0.967 bits per heavy atom. The van der Waals surface area contributed by atoms with Crippen LogP contribution < -0.4 is 4.74 Å². The summed E-state index contributed by atoms with van der Waals surface area (Å²) in [6.07, 6.45) is 0. The van der Waals surface area contributed by atoms with Gasteiger partial charge in [0.05, 0.1) is 11.6 Å². The Bertz CT molecular complexity index is 1230. The van der Waals surface area contributed by atoms with E-state index in [4.69, 9.17) is 16.3 Å². The molecule has 4 rings (SSSR count). The van der Waals surface area contributed by atoms with Gasteiger partial charge in [-0.2, -0.15) is 0 Å². The summed E-state index contributed by atoms with van der Waals surface area (Å²) in [5, 5.41) is 10.7. The van der Waals surface area contributed by atoms with Crippen LogP contribution >= 0.6 is 11.6 Å². The van der Waals surface area contributed by atoms with Gasteiger partial charge >= 0.3 is 5.97 Å². The Kier molecular flexibility index (Phi) is 5.29. The van der Waals surface area contributed by atoms with Gasteiger partial charge in [0.15, 0.2) is 0 Å². The van der Waals surface area contributed by atoms with Crippen LogP contribution in [0.2, 0.25) is 5.02 Å². The number of ketones is 1. The minimum atomic E-state index is -1.01. The van der Waals surface area contributed by atoms with E-state index in [1.54, 1.807) is 49.4 Å². The zero-order valence-corrected chi connectivity index (χ0v) is 16.8. The number of carboxylic acids is 1. The molecule has 0 aliphatic heterocycles. The maximum absolute atomic E-state index is 13.2. The van der Waals surface area contributed by atoms with E-state index in [9.17, 15) is 14.7 Å².